The van der Waals surface area contributed by atoms with Crippen molar-refractivity contribution in [1.82, 2.24) is 0 Å². The van der Waals surface area contributed by atoms with Crippen molar-refractivity contribution in [2.24, 2.45) is 23.2 Å². The predicted octanol–water partition coefficient (Wildman–Crippen LogP) is 6.66. The standard InChI is InChI=1S/C20H18F16O5S/c21-14(22,15(23,24)16(25,26)17(27,28)18(29,30)20(34,35)36)13(19(31,32)33,42-41-40-38)11(37)39-7-12-4-8-1-9(5-12)3-10(2-8)6-12/h8-10,38H,1-7H2/p-1. The van der Waals surface area contributed by atoms with Crippen molar-refractivity contribution in [3.63, 3.8) is 0 Å². The van der Waals surface area contributed by atoms with Gasteiger partial charge >= 0.3 is 52.7 Å². The maximum atomic E-state index is 15.0. The van der Waals surface area contributed by atoms with E-state index >= 15 is 8.78 Å². The van der Waals surface area contributed by atoms with Crippen molar-refractivity contribution in [3.05, 3.63) is 0 Å². The molecule has 1 unspecified atom stereocenters. The van der Waals surface area contributed by atoms with Crippen molar-refractivity contribution >= 4 is 18.0 Å². The van der Waals surface area contributed by atoms with Crippen LogP contribution in [0.15, 0.2) is 0 Å². The van der Waals surface area contributed by atoms with E-state index in [0.717, 1.165) is 0 Å². The number of alkyl halides is 16. The largest absolute Gasteiger partial charge is 0.691 e. The van der Waals surface area contributed by atoms with Gasteiger partial charge in [0.05, 0.1) is 18.6 Å². The molecule has 0 aromatic carbocycles. The zero-order valence-electron chi connectivity index (χ0n) is 20.2. The number of rotatable bonds is 11. The molecule has 4 bridgehead atoms. The van der Waals surface area contributed by atoms with Crippen molar-refractivity contribution in [3.8, 4) is 0 Å². The Morgan fingerprint density at radius 3 is 1.38 bits per heavy atom. The molecular formula is C20H17F16O5S-. The normalized spacial score (nSPS) is 29.0. The van der Waals surface area contributed by atoms with Crippen LogP contribution in [-0.4, -0.2) is 59.3 Å². The highest BCUT2D eigenvalue weighted by Gasteiger charge is 2.96. The smallest absolute Gasteiger partial charge is 0.460 e. The lowest BCUT2D eigenvalue weighted by Crippen LogP contribution is -2.76. The fraction of sp³-hybridized carbons (Fsp3) is 0.950. The lowest BCUT2D eigenvalue weighted by Gasteiger charge is -2.56. The minimum atomic E-state index is -8.67. The number of carbonyl (C=O) groups excluding carboxylic acids is 1. The second-order valence-electron chi connectivity index (χ2n) is 10.8. The molecule has 0 radical (unpaired) electrons. The minimum absolute atomic E-state index is 0.0594. The highest BCUT2D eigenvalue weighted by atomic mass is 32.2. The van der Waals surface area contributed by atoms with Crippen LogP contribution in [0.5, 0.6) is 0 Å². The van der Waals surface area contributed by atoms with Gasteiger partial charge in [-0.2, -0.15) is 74.6 Å². The summed E-state index contributed by atoms with van der Waals surface area (Å²) in [5.74, 6) is -45.9. The maximum absolute atomic E-state index is 15.0. The van der Waals surface area contributed by atoms with Crippen molar-refractivity contribution in [2.75, 3.05) is 6.61 Å². The zero-order valence-corrected chi connectivity index (χ0v) is 21.0. The summed E-state index contributed by atoms with van der Waals surface area (Å²) >= 11 is -2.48. The number of carbonyl (C=O) groups is 1. The minimum Gasteiger partial charge on any atom is -0.691 e. The lowest BCUT2D eigenvalue weighted by atomic mass is 9.50. The van der Waals surface area contributed by atoms with Gasteiger partial charge in [0.15, 0.2) is 0 Å². The monoisotopic (exact) mass is 673 g/mol. The van der Waals surface area contributed by atoms with Gasteiger partial charge in [0.2, 0.25) is 0 Å². The summed E-state index contributed by atoms with van der Waals surface area (Å²) in [6.07, 6.45) is -12.8. The van der Waals surface area contributed by atoms with Crippen LogP contribution in [0.3, 0.4) is 0 Å². The van der Waals surface area contributed by atoms with Gasteiger partial charge in [-0.3, -0.25) is 5.04 Å². The Bertz CT molecular complexity index is 994. The summed E-state index contributed by atoms with van der Waals surface area (Å²) in [5.41, 5.74) is -1.20. The molecule has 22 heteroatoms. The van der Waals surface area contributed by atoms with Crippen LogP contribution in [0, 0.1) is 23.2 Å². The summed E-state index contributed by atoms with van der Waals surface area (Å²) in [7, 11) is 0. The molecule has 4 aliphatic carbocycles. The van der Waals surface area contributed by atoms with Gasteiger partial charge in [-0.25, -0.2) is 4.79 Å². The predicted molar refractivity (Wildman–Crippen MR) is 101 cm³/mol. The SMILES string of the molecule is O=C(OCC12CC3CC(CC(C3)C1)C2)C(SOO[O-])(C(F)(F)F)C(F)(F)C(F)(F)C(F)(F)C(F)(F)C(F)(F)C(F)(F)F. The number of esters is 1. The van der Waals surface area contributed by atoms with E-state index < -0.39 is 76.7 Å². The fourth-order valence-electron chi connectivity index (χ4n) is 6.40. The topological polar surface area (TPSA) is 67.8 Å². The molecule has 1 atom stereocenters. The number of halogens is 16. The van der Waals surface area contributed by atoms with Crippen LogP contribution in [0.2, 0.25) is 0 Å². The van der Waals surface area contributed by atoms with Gasteiger partial charge in [0.1, 0.15) is 0 Å². The third-order valence-corrected chi connectivity index (χ3v) is 8.95. The van der Waals surface area contributed by atoms with E-state index in [1.807, 2.05) is 0 Å². The van der Waals surface area contributed by atoms with E-state index in [1.165, 1.54) is 0 Å². The average Bonchev–Trinajstić information content (AvgIpc) is 2.80. The number of ether oxygens (including phenoxy) is 1. The molecule has 4 rings (SSSR count). The fourth-order valence-corrected chi connectivity index (χ4v) is 6.98. The highest BCUT2D eigenvalue weighted by Crippen LogP contribution is 2.66. The first-order valence-electron chi connectivity index (χ1n) is 11.5. The Morgan fingerprint density at radius 1 is 0.643 bits per heavy atom. The molecule has 4 saturated carbocycles. The first-order chi connectivity index (χ1) is 18.7. The molecule has 0 spiro atoms. The summed E-state index contributed by atoms with van der Waals surface area (Å²) in [5, 5.41) is 12.4. The van der Waals surface area contributed by atoms with Gasteiger partial charge in [0, 0.05) is 5.41 Å². The molecule has 0 heterocycles. The highest BCUT2D eigenvalue weighted by molar-refractivity contribution is 7.97. The molecule has 0 N–H and O–H groups in total. The molecule has 4 fully saturated rings. The molecule has 0 amide bonds. The van der Waals surface area contributed by atoms with Crippen LogP contribution in [0.1, 0.15) is 38.5 Å². The van der Waals surface area contributed by atoms with Crippen LogP contribution in [0.25, 0.3) is 0 Å². The summed E-state index contributed by atoms with van der Waals surface area (Å²) in [6.45, 7) is -1.23. The van der Waals surface area contributed by atoms with Crippen LogP contribution < -0.4 is 5.26 Å². The van der Waals surface area contributed by atoms with E-state index in [4.69, 9.17) is 0 Å². The zero-order chi connectivity index (χ0) is 32.6. The van der Waals surface area contributed by atoms with Crippen molar-refractivity contribution < 1.29 is 94.4 Å². The summed E-state index contributed by atoms with van der Waals surface area (Å²) < 4.78 is 220. The van der Waals surface area contributed by atoms with E-state index in [2.05, 4.69) is 14.1 Å². The molecule has 0 aromatic heterocycles. The molecule has 5 nitrogen and oxygen atoms in total. The second kappa shape index (κ2) is 10.3. The molecule has 4 aliphatic rings. The van der Waals surface area contributed by atoms with Crippen molar-refractivity contribution in [2.45, 2.75) is 85.2 Å². The third-order valence-electron chi connectivity index (χ3n) is 7.92. The number of hydrogen-bond acceptors (Lipinski definition) is 6. The van der Waals surface area contributed by atoms with Gasteiger partial charge in [-0.05, 0) is 56.3 Å². The maximum Gasteiger partial charge on any atom is 0.460 e. The number of hydrogen-bond donors (Lipinski definition) is 0. The third kappa shape index (κ3) is 4.89. The van der Waals surface area contributed by atoms with Gasteiger partial charge < -0.3 is 9.99 Å². The molecular weight excluding hydrogens is 656 g/mol. The Morgan fingerprint density at radius 2 is 1.02 bits per heavy atom. The first-order valence-corrected chi connectivity index (χ1v) is 12.3. The van der Waals surface area contributed by atoms with Crippen LogP contribution >= 0.6 is 12.0 Å². The van der Waals surface area contributed by atoms with Gasteiger partial charge in [-0.15, -0.1) is 0 Å². The second-order valence-corrected chi connectivity index (χ2v) is 11.7. The van der Waals surface area contributed by atoms with Gasteiger partial charge in [-0.1, -0.05) is 0 Å². The Balaban J connectivity index is 2.09. The van der Waals surface area contributed by atoms with Crippen LogP contribution in [0.4, 0.5) is 70.2 Å². The molecule has 42 heavy (non-hydrogen) atoms. The van der Waals surface area contributed by atoms with E-state index in [9.17, 15) is 71.5 Å². The van der Waals surface area contributed by atoms with Gasteiger partial charge in [0.25, 0.3) is 0 Å². The Hall–Kier alpha value is -1.42. The molecule has 0 saturated heterocycles. The summed E-state index contributed by atoms with van der Waals surface area (Å²) in [4.78, 5) is 12.6. The van der Waals surface area contributed by atoms with Crippen LogP contribution in [-0.2, 0) is 18.9 Å². The van der Waals surface area contributed by atoms with E-state index in [1.54, 1.807) is 0 Å². The molecule has 0 aromatic rings. The van der Waals surface area contributed by atoms with E-state index in [-0.39, 0.29) is 37.0 Å². The molecule has 0 aliphatic heterocycles. The molecule has 246 valence electrons. The van der Waals surface area contributed by atoms with Crippen molar-refractivity contribution in [1.29, 1.82) is 0 Å². The quantitative estimate of drug-likeness (QED) is 0.0805. The Labute approximate surface area is 228 Å². The average molecular weight is 673 g/mol. The lowest BCUT2D eigenvalue weighted by molar-refractivity contribution is -0.777. The van der Waals surface area contributed by atoms with E-state index in [0.29, 0.717) is 19.3 Å². The Kier molecular flexibility index (Phi) is 8.61. The summed E-state index contributed by atoms with van der Waals surface area (Å²) in [6, 6.07) is 0. The first kappa shape index (κ1) is 35.1.